The number of nitrogens with one attached hydrogen (secondary N) is 1. The summed E-state index contributed by atoms with van der Waals surface area (Å²) >= 11 is 0. The largest absolute Gasteiger partial charge is 0.309 e. The van der Waals surface area contributed by atoms with Crippen molar-refractivity contribution in [1.29, 1.82) is 0 Å². The lowest BCUT2D eigenvalue weighted by molar-refractivity contribution is 0.492. The normalized spacial score (nSPS) is 12.7. The molecule has 0 spiro atoms. The van der Waals surface area contributed by atoms with E-state index in [0.29, 0.717) is 12.0 Å². The predicted octanol–water partition coefficient (Wildman–Crippen LogP) is 2.90. The lowest BCUT2D eigenvalue weighted by Crippen LogP contribution is -2.25. The Morgan fingerprint density at radius 1 is 1.30 bits per heavy atom. The fraction of sp³-hybridized carbons (Fsp3) is 0.400. The van der Waals surface area contributed by atoms with Crippen LogP contribution in [0.4, 0.5) is 8.78 Å². The third-order valence-corrected chi connectivity index (χ3v) is 3.28. The molecule has 1 atom stereocenters. The molecule has 0 aliphatic rings. The minimum Gasteiger partial charge on any atom is -0.309 e. The molecule has 20 heavy (non-hydrogen) atoms. The molecule has 0 amide bonds. The molecule has 2 aromatic rings. The summed E-state index contributed by atoms with van der Waals surface area (Å²) in [5, 5.41) is 7.64. The van der Waals surface area contributed by atoms with Gasteiger partial charge in [-0.3, -0.25) is 4.68 Å². The molecule has 0 aliphatic carbocycles. The number of benzene rings is 1. The smallest absolute Gasteiger partial charge is 0.129 e. The molecule has 1 unspecified atom stereocenters. The Morgan fingerprint density at radius 3 is 2.60 bits per heavy atom. The number of halogens is 2. The zero-order chi connectivity index (χ0) is 14.7. The standard InChI is InChI=1S/C15H19F2N3/c1-4-18-14(15-7-10(2)19-20(15)3)8-11-5-6-12(16)9-13(11)17/h5-7,9,14,18H,4,8H2,1-3H3. The molecule has 108 valence electrons. The van der Waals surface area contributed by atoms with Gasteiger partial charge in [0.2, 0.25) is 0 Å². The maximum Gasteiger partial charge on any atom is 0.129 e. The summed E-state index contributed by atoms with van der Waals surface area (Å²) in [5.74, 6) is -1.06. The van der Waals surface area contributed by atoms with E-state index in [2.05, 4.69) is 10.4 Å². The van der Waals surface area contributed by atoms with Crippen LogP contribution in [0.5, 0.6) is 0 Å². The van der Waals surface area contributed by atoms with Crippen LogP contribution in [-0.2, 0) is 13.5 Å². The van der Waals surface area contributed by atoms with Crippen LogP contribution in [0, 0.1) is 18.6 Å². The van der Waals surface area contributed by atoms with E-state index < -0.39 is 11.6 Å². The number of rotatable bonds is 5. The lowest BCUT2D eigenvalue weighted by Gasteiger charge is -2.18. The topological polar surface area (TPSA) is 29.9 Å². The number of aryl methyl sites for hydroxylation is 2. The number of aromatic nitrogens is 2. The second-order valence-electron chi connectivity index (χ2n) is 4.88. The molecule has 0 bridgehead atoms. The van der Waals surface area contributed by atoms with Crippen LogP contribution >= 0.6 is 0 Å². The van der Waals surface area contributed by atoms with Gasteiger partial charge in [-0.1, -0.05) is 13.0 Å². The molecule has 1 aromatic carbocycles. The van der Waals surface area contributed by atoms with Crippen molar-refractivity contribution in [2.24, 2.45) is 7.05 Å². The van der Waals surface area contributed by atoms with Gasteiger partial charge in [0.15, 0.2) is 0 Å². The van der Waals surface area contributed by atoms with Gasteiger partial charge in [0.25, 0.3) is 0 Å². The van der Waals surface area contributed by atoms with Crippen LogP contribution in [0.2, 0.25) is 0 Å². The van der Waals surface area contributed by atoms with Gasteiger partial charge in [-0.15, -0.1) is 0 Å². The Labute approximate surface area is 117 Å². The molecule has 0 radical (unpaired) electrons. The minimum atomic E-state index is -0.553. The van der Waals surface area contributed by atoms with E-state index in [1.807, 2.05) is 27.0 Å². The molecule has 3 nitrogen and oxygen atoms in total. The maximum atomic E-state index is 13.8. The highest BCUT2D eigenvalue weighted by molar-refractivity contribution is 5.23. The Balaban J connectivity index is 2.27. The van der Waals surface area contributed by atoms with Gasteiger partial charge in [0.1, 0.15) is 11.6 Å². The Morgan fingerprint density at radius 2 is 2.05 bits per heavy atom. The van der Waals surface area contributed by atoms with E-state index in [-0.39, 0.29) is 6.04 Å². The van der Waals surface area contributed by atoms with Crippen molar-refractivity contribution in [3.05, 3.63) is 52.9 Å². The molecule has 1 aromatic heterocycles. The number of likely N-dealkylation sites (N-methyl/N-ethyl adjacent to an activating group) is 1. The second-order valence-corrected chi connectivity index (χ2v) is 4.88. The lowest BCUT2D eigenvalue weighted by atomic mass is 10.0. The molecule has 2 rings (SSSR count). The summed E-state index contributed by atoms with van der Waals surface area (Å²) in [4.78, 5) is 0. The Bertz CT molecular complexity index is 593. The van der Waals surface area contributed by atoms with Gasteiger partial charge in [0, 0.05) is 13.1 Å². The average molecular weight is 279 g/mol. The highest BCUT2D eigenvalue weighted by Crippen LogP contribution is 2.21. The summed E-state index contributed by atoms with van der Waals surface area (Å²) in [6.07, 6.45) is 0.457. The third kappa shape index (κ3) is 3.22. The first-order chi connectivity index (χ1) is 9.51. The van der Waals surface area contributed by atoms with Crippen LogP contribution in [0.1, 0.15) is 29.9 Å². The summed E-state index contributed by atoms with van der Waals surface area (Å²) < 4.78 is 28.5. The van der Waals surface area contributed by atoms with Gasteiger partial charge < -0.3 is 5.32 Å². The predicted molar refractivity (Wildman–Crippen MR) is 74.4 cm³/mol. The molecule has 5 heteroatoms. The fourth-order valence-electron chi connectivity index (χ4n) is 2.39. The van der Waals surface area contributed by atoms with Crippen LogP contribution in [0.15, 0.2) is 24.3 Å². The van der Waals surface area contributed by atoms with E-state index >= 15 is 0 Å². The molecular formula is C15H19F2N3. The Kier molecular flexibility index (Phi) is 4.49. The van der Waals surface area contributed by atoms with Crippen molar-refractivity contribution < 1.29 is 8.78 Å². The number of hydrogen-bond acceptors (Lipinski definition) is 2. The van der Waals surface area contributed by atoms with Crippen molar-refractivity contribution in [3.8, 4) is 0 Å². The van der Waals surface area contributed by atoms with Gasteiger partial charge in [-0.2, -0.15) is 5.10 Å². The SMILES string of the molecule is CCNC(Cc1ccc(F)cc1F)c1cc(C)nn1C. The molecule has 1 N–H and O–H groups in total. The van der Waals surface area contributed by atoms with Crippen LogP contribution < -0.4 is 5.32 Å². The van der Waals surface area contributed by atoms with Crippen LogP contribution in [0.25, 0.3) is 0 Å². The Hall–Kier alpha value is -1.75. The molecule has 0 saturated heterocycles. The summed E-state index contributed by atoms with van der Waals surface area (Å²) in [5.41, 5.74) is 2.41. The minimum absolute atomic E-state index is 0.0499. The summed E-state index contributed by atoms with van der Waals surface area (Å²) in [6.45, 7) is 4.68. The number of hydrogen-bond donors (Lipinski definition) is 1. The monoisotopic (exact) mass is 279 g/mol. The first-order valence-electron chi connectivity index (χ1n) is 6.69. The number of nitrogens with zero attached hydrogens (tertiary/aromatic N) is 2. The van der Waals surface area contributed by atoms with Crippen molar-refractivity contribution in [1.82, 2.24) is 15.1 Å². The molecule has 0 saturated carbocycles. The van der Waals surface area contributed by atoms with Gasteiger partial charge in [-0.05, 0) is 37.6 Å². The van der Waals surface area contributed by atoms with E-state index in [9.17, 15) is 8.78 Å². The van der Waals surface area contributed by atoms with Crippen LogP contribution in [-0.4, -0.2) is 16.3 Å². The van der Waals surface area contributed by atoms with E-state index in [1.165, 1.54) is 12.1 Å². The van der Waals surface area contributed by atoms with Crippen molar-refractivity contribution in [3.63, 3.8) is 0 Å². The average Bonchev–Trinajstić information content (AvgIpc) is 2.71. The van der Waals surface area contributed by atoms with E-state index in [1.54, 1.807) is 4.68 Å². The molecule has 1 heterocycles. The maximum absolute atomic E-state index is 13.8. The highest BCUT2D eigenvalue weighted by Gasteiger charge is 2.17. The second kappa shape index (κ2) is 6.13. The quantitative estimate of drug-likeness (QED) is 0.912. The molecular weight excluding hydrogens is 260 g/mol. The van der Waals surface area contributed by atoms with Crippen molar-refractivity contribution in [2.45, 2.75) is 26.3 Å². The summed E-state index contributed by atoms with van der Waals surface area (Å²) in [7, 11) is 1.87. The van der Waals surface area contributed by atoms with E-state index in [4.69, 9.17) is 0 Å². The third-order valence-electron chi connectivity index (χ3n) is 3.28. The molecule has 0 aliphatic heterocycles. The molecule has 0 fully saturated rings. The zero-order valence-corrected chi connectivity index (χ0v) is 12.0. The van der Waals surface area contributed by atoms with E-state index in [0.717, 1.165) is 24.0 Å². The van der Waals surface area contributed by atoms with Crippen LogP contribution in [0.3, 0.4) is 0 Å². The highest BCUT2D eigenvalue weighted by atomic mass is 19.1. The zero-order valence-electron chi connectivity index (χ0n) is 12.0. The summed E-state index contributed by atoms with van der Waals surface area (Å²) in [6, 6.07) is 5.64. The first kappa shape index (κ1) is 14.7. The fourth-order valence-corrected chi connectivity index (χ4v) is 2.39. The first-order valence-corrected chi connectivity index (χ1v) is 6.69. The van der Waals surface area contributed by atoms with Gasteiger partial charge >= 0.3 is 0 Å². The van der Waals surface area contributed by atoms with Crippen molar-refractivity contribution in [2.75, 3.05) is 6.54 Å². The van der Waals surface area contributed by atoms with Gasteiger partial charge in [0.05, 0.1) is 17.4 Å². The van der Waals surface area contributed by atoms with Crippen molar-refractivity contribution >= 4 is 0 Å². The van der Waals surface area contributed by atoms with Gasteiger partial charge in [-0.25, -0.2) is 8.78 Å².